The molecule has 1 rings (SSSR count). The highest BCUT2D eigenvalue weighted by Gasteiger charge is 1.86. The van der Waals surface area contributed by atoms with E-state index in [9.17, 15) is 0 Å². The SMILES string of the molecule is NC1=C/C=C(NP)\C=C/C=C\1. The lowest BCUT2D eigenvalue weighted by Crippen LogP contribution is -1.97. The van der Waals surface area contributed by atoms with E-state index < -0.39 is 0 Å². The first-order chi connectivity index (χ1) is 5.33. The van der Waals surface area contributed by atoms with E-state index in [0.29, 0.717) is 0 Å². The van der Waals surface area contributed by atoms with Crippen LogP contribution in [-0.2, 0) is 0 Å². The lowest BCUT2D eigenvalue weighted by molar-refractivity contribution is 1.28. The molecule has 0 aliphatic heterocycles. The van der Waals surface area contributed by atoms with Crippen LogP contribution in [0, 0.1) is 0 Å². The molecule has 0 aromatic heterocycles. The second-order valence-electron chi connectivity index (χ2n) is 2.15. The molecule has 0 spiro atoms. The van der Waals surface area contributed by atoms with Gasteiger partial charge in [0.05, 0.1) is 0 Å². The zero-order valence-electron chi connectivity index (χ0n) is 6.12. The highest BCUT2D eigenvalue weighted by atomic mass is 31.0. The Balaban J connectivity index is 2.84. The number of hydrogen-bond acceptors (Lipinski definition) is 2. The van der Waals surface area contributed by atoms with E-state index in [0.717, 1.165) is 11.4 Å². The van der Waals surface area contributed by atoms with E-state index in [2.05, 4.69) is 14.5 Å². The van der Waals surface area contributed by atoms with E-state index in [1.807, 2.05) is 36.5 Å². The van der Waals surface area contributed by atoms with Crippen molar-refractivity contribution in [2.45, 2.75) is 0 Å². The fourth-order valence-electron chi connectivity index (χ4n) is 0.719. The average Bonchev–Trinajstić information content (AvgIpc) is 1.98. The van der Waals surface area contributed by atoms with Crippen molar-refractivity contribution in [3.63, 3.8) is 0 Å². The minimum atomic E-state index is 0.757. The largest absolute Gasteiger partial charge is 0.399 e. The molecule has 0 saturated heterocycles. The molecule has 3 N–H and O–H groups in total. The summed E-state index contributed by atoms with van der Waals surface area (Å²) in [6.45, 7) is 0. The molecule has 1 unspecified atom stereocenters. The highest BCUT2D eigenvalue weighted by molar-refractivity contribution is 7.14. The normalized spacial score (nSPS) is 31.7. The van der Waals surface area contributed by atoms with Gasteiger partial charge in [0.1, 0.15) is 0 Å². The Bertz CT molecular complexity index is 249. The van der Waals surface area contributed by atoms with Crippen molar-refractivity contribution in [2.24, 2.45) is 5.73 Å². The van der Waals surface area contributed by atoms with Crippen LogP contribution in [0.15, 0.2) is 47.9 Å². The van der Waals surface area contributed by atoms with Crippen molar-refractivity contribution >= 4 is 9.39 Å². The molecule has 0 amide bonds. The minimum Gasteiger partial charge on any atom is -0.399 e. The molecule has 1 aliphatic carbocycles. The zero-order chi connectivity index (χ0) is 8.10. The lowest BCUT2D eigenvalue weighted by atomic mass is 10.2. The van der Waals surface area contributed by atoms with Gasteiger partial charge >= 0.3 is 0 Å². The summed E-state index contributed by atoms with van der Waals surface area (Å²) in [6, 6.07) is 0. The van der Waals surface area contributed by atoms with Gasteiger partial charge in [-0.15, -0.1) is 0 Å². The summed E-state index contributed by atoms with van der Waals surface area (Å²) in [5.41, 5.74) is 7.35. The zero-order valence-corrected chi connectivity index (χ0v) is 7.27. The maximum atomic E-state index is 5.58. The van der Waals surface area contributed by atoms with E-state index in [-0.39, 0.29) is 0 Å². The molecule has 0 fully saturated rings. The Labute approximate surface area is 68.8 Å². The molecule has 3 heteroatoms. The topological polar surface area (TPSA) is 38.0 Å². The molecule has 0 heterocycles. The summed E-state index contributed by atoms with van der Waals surface area (Å²) >= 11 is 0. The predicted octanol–water partition coefficient (Wildman–Crippen LogP) is 1.22. The fourth-order valence-corrected chi connectivity index (χ4v) is 0.912. The maximum absolute atomic E-state index is 5.58. The average molecular weight is 166 g/mol. The Kier molecular flexibility index (Phi) is 2.94. The van der Waals surface area contributed by atoms with Crippen molar-refractivity contribution in [3.05, 3.63) is 47.9 Å². The smallest absolute Gasteiger partial charge is 0.0369 e. The molecule has 0 radical (unpaired) electrons. The molecular weight excluding hydrogens is 155 g/mol. The second-order valence-corrected chi connectivity index (χ2v) is 2.44. The van der Waals surface area contributed by atoms with E-state index in [4.69, 9.17) is 5.73 Å². The summed E-state index contributed by atoms with van der Waals surface area (Å²) in [7, 11) is 2.43. The standard InChI is InChI=1S/C8H11N2P/c9-7-3-1-2-4-8(10-11)6-5-7/h1-6,10H,9,11H2/b2-1?,3-1-,4-2-,6-5?,7-3?,7-5+,8-4?,8-6+. The number of rotatable bonds is 1. The van der Waals surface area contributed by atoms with Crippen molar-refractivity contribution in [3.8, 4) is 0 Å². The van der Waals surface area contributed by atoms with Gasteiger partial charge in [-0.2, -0.15) is 0 Å². The Morgan fingerprint density at radius 2 is 1.91 bits per heavy atom. The van der Waals surface area contributed by atoms with Gasteiger partial charge in [-0.3, -0.25) is 0 Å². The third kappa shape index (κ3) is 2.60. The summed E-state index contributed by atoms with van der Waals surface area (Å²) in [5.74, 6) is 0. The monoisotopic (exact) mass is 166 g/mol. The van der Waals surface area contributed by atoms with Crippen LogP contribution in [0.25, 0.3) is 0 Å². The molecule has 11 heavy (non-hydrogen) atoms. The van der Waals surface area contributed by atoms with Crippen molar-refractivity contribution in [1.29, 1.82) is 0 Å². The fraction of sp³-hybridized carbons (Fsp3) is 0. The van der Waals surface area contributed by atoms with Crippen LogP contribution in [0.1, 0.15) is 0 Å². The third-order valence-corrected chi connectivity index (χ3v) is 1.63. The van der Waals surface area contributed by atoms with Gasteiger partial charge < -0.3 is 10.8 Å². The predicted molar refractivity (Wildman–Crippen MR) is 51.5 cm³/mol. The van der Waals surface area contributed by atoms with Crippen LogP contribution in [0.4, 0.5) is 0 Å². The van der Waals surface area contributed by atoms with Crippen molar-refractivity contribution < 1.29 is 0 Å². The Hall–Kier alpha value is -1.01. The second kappa shape index (κ2) is 3.99. The molecule has 0 bridgehead atoms. The van der Waals surface area contributed by atoms with Crippen molar-refractivity contribution in [1.82, 2.24) is 5.09 Å². The molecule has 0 aromatic carbocycles. The first-order valence-corrected chi connectivity index (χ1v) is 3.89. The molecule has 0 saturated carbocycles. The number of hydrogen-bond donors (Lipinski definition) is 2. The van der Waals surface area contributed by atoms with Gasteiger partial charge in [0.2, 0.25) is 0 Å². The first kappa shape index (κ1) is 8.09. The summed E-state index contributed by atoms with van der Waals surface area (Å²) in [6.07, 6.45) is 11.4. The van der Waals surface area contributed by atoms with Gasteiger partial charge in [-0.05, 0) is 33.7 Å². The first-order valence-electron chi connectivity index (χ1n) is 3.32. The van der Waals surface area contributed by atoms with E-state index in [1.54, 1.807) is 0 Å². The van der Waals surface area contributed by atoms with Crippen LogP contribution < -0.4 is 10.8 Å². The van der Waals surface area contributed by atoms with Gasteiger partial charge in [-0.25, -0.2) is 0 Å². The van der Waals surface area contributed by atoms with E-state index in [1.165, 1.54) is 0 Å². The van der Waals surface area contributed by atoms with Crippen LogP contribution in [0.5, 0.6) is 0 Å². The summed E-state index contributed by atoms with van der Waals surface area (Å²) < 4.78 is 0. The van der Waals surface area contributed by atoms with E-state index >= 15 is 0 Å². The highest BCUT2D eigenvalue weighted by Crippen LogP contribution is 2.01. The Morgan fingerprint density at radius 1 is 1.18 bits per heavy atom. The molecule has 2 nitrogen and oxygen atoms in total. The maximum Gasteiger partial charge on any atom is 0.0369 e. The van der Waals surface area contributed by atoms with Crippen LogP contribution in [0.2, 0.25) is 0 Å². The van der Waals surface area contributed by atoms with Crippen molar-refractivity contribution in [2.75, 3.05) is 0 Å². The van der Waals surface area contributed by atoms with Crippen LogP contribution in [0.3, 0.4) is 0 Å². The van der Waals surface area contributed by atoms with Gasteiger partial charge in [0.25, 0.3) is 0 Å². The van der Waals surface area contributed by atoms with Crippen LogP contribution in [-0.4, -0.2) is 0 Å². The van der Waals surface area contributed by atoms with Gasteiger partial charge in [0.15, 0.2) is 0 Å². The quantitative estimate of drug-likeness (QED) is 0.575. The molecule has 1 atom stereocenters. The lowest BCUT2D eigenvalue weighted by Gasteiger charge is -1.99. The van der Waals surface area contributed by atoms with Gasteiger partial charge in [-0.1, -0.05) is 12.2 Å². The minimum absolute atomic E-state index is 0.757. The molecule has 0 aromatic rings. The Morgan fingerprint density at radius 3 is 2.64 bits per heavy atom. The number of nitrogens with one attached hydrogen (secondary N) is 1. The third-order valence-electron chi connectivity index (χ3n) is 1.30. The molecular formula is C8H11N2P. The summed E-state index contributed by atoms with van der Waals surface area (Å²) in [5, 5.41) is 2.95. The number of nitrogens with two attached hydrogens (primary N) is 1. The van der Waals surface area contributed by atoms with Gasteiger partial charge in [0, 0.05) is 11.4 Å². The molecule has 58 valence electrons. The van der Waals surface area contributed by atoms with Crippen LogP contribution >= 0.6 is 9.39 Å². The summed E-state index contributed by atoms with van der Waals surface area (Å²) in [4.78, 5) is 0. The number of allylic oxidation sites excluding steroid dienone is 6. The molecule has 1 aliphatic rings.